The fourth-order valence-corrected chi connectivity index (χ4v) is 4.21. The minimum Gasteiger partial charge on any atom is -0.298 e. The maximum absolute atomic E-state index is 11.6. The Bertz CT molecular complexity index is 1470. The molecule has 0 atom stereocenters. The minimum atomic E-state index is 0.00480. The van der Waals surface area contributed by atoms with Gasteiger partial charge in [0.25, 0.3) is 0 Å². The van der Waals surface area contributed by atoms with Gasteiger partial charge in [0.1, 0.15) is 0 Å². The lowest BCUT2D eigenvalue weighted by Gasteiger charge is -2.19. The third-order valence-electron chi connectivity index (χ3n) is 5.91. The van der Waals surface area contributed by atoms with E-state index in [0.717, 1.165) is 22.8 Å². The zero-order valence-electron chi connectivity index (χ0n) is 17.4. The molecule has 0 aromatic heterocycles. The second kappa shape index (κ2) is 6.71. The molecule has 0 aliphatic carbocycles. The normalized spacial score (nSPS) is 11.7. The molecule has 0 aliphatic heterocycles. The summed E-state index contributed by atoms with van der Waals surface area (Å²) < 4.78 is 0. The molecule has 0 spiro atoms. The monoisotopic (exact) mass is 386 g/mol. The van der Waals surface area contributed by atoms with Crippen LogP contribution in [0, 0.1) is 11.8 Å². The van der Waals surface area contributed by atoms with Crippen molar-refractivity contribution in [3.8, 4) is 11.8 Å². The van der Waals surface area contributed by atoms with Gasteiger partial charge in [0.05, 0.1) is 0 Å². The van der Waals surface area contributed by atoms with Gasteiger partial charge >= 0.3 is 0 Å². The first-order valence-corrected chi connectivity index (χ1v) is 10.2. The van der Waals surface area contributed by atoms with Crippen LogP contribution in [0.5, 0.6) is 0 Å². The Kier molecular flexibility index (Phi) is 4.12. The zero-order valence-corrected chi connectivity index (χ0v) is 17.4. The zero-order chi connectivity index (χ0) is 20.9. The summed E-state index contributed by atoms with van der Waals surface area (Å²) in [6.45, 7) is 6.50. The number of hydrogen-bond acceptors (Lipinski definition) is 1. The molecule has 5 aromatic rings. The smallest absolute Gasteiger partial charge is 0.151 e. The quantitative estimate of drug-likeness (QED) is 0.171. The van der Waals surface area contributed by atoms with Gasteiger partial charge in [-0.25, -0.2) is 0 Å². The van der Waals surface area contributed by atoms with Crippen LogP contribution in [-0.2, 0) is 5.41 Å². The van der Waals surface area contributed by atoms with E-state index in [2.05, 4.69) is 87.2 Å². The molecule has 1 heteroatoms. The minimum absolute atomic E-state index is 0.00480. The largest absolute Gasteiger partial charge is 0.298 e. The highest BCUT2D eigenvalue weighted by atomic mass is 16.1. The Morgan fingerprint density at radius 3 is 2.03 bits per heavy atom. The van der Waals surface area contributed by atoms with E-state index in [4.69, 9.17) is 0 Å². The van der Waals surface area contributed by atoms with Gasteiger partial charge in [-0.2, -0.15) is 0 Å². The maximum Gasteiger partial charge on any atom is 0.151 e. The molecule has 0 fully saturated rings. The summed E-state index contributed by atoms with van der Waals surface area (Å²) in [5, 5.41) is 7.43. The van der Waals surface area contributed by atoms with Crippen molar-refractivity contribution < 1.29 is 4.79 Å². The molecule has 30 heavy (non-hydrogen) atoms. The Labute approximate surface area is 176 Å². The molecular formula is C29H22O. The predicted octanol–water partition coefficient (Wildman–Crippen LogP) is 7.09. The molecule has 144 valence electrons. The van der Waals surface area contributed by atoms with Crippen LogP contribution in [0.3, 0.4) is 0 Å². The van der Waals surface area contributed by atoms with Crippen LogP contribution in [0.25, 0.3) is 32.3 Å². The van der Waals surface area contributed by atoms with Crippen molar-refractivity contribution in [3.05, 3.63) is 95.1 Å². The van der Waals surface area contributed by atoms with Crippen LogP contribution in [0.4, 0.5) is 0 Å². The molecule has 1 nitrogen and oxygen atoms in total. The topological polar surface area (TPSA) is 17.1 Å². The highest BCUT2D eigenvalue weighted by Crippen LogP contribution is 2.35. The van der Waals surface area contributed by atoms with Crippen molar-refractivity contribution in [3.63, 3.8) is 0 Å². The first-order valence-electron chi connectivity index (χ1n) is 10.2. The number of carbonyl (C=O) groups excluding carboxylic acids is 1. The van der Waals surface area contributed by atoms with Gasteiger partial charge < -0.3 is 0 Å². The lowest BCUT2D eigenvalue weighted by Crippen LogP contribution is -2.11. The summed E-state index contributed by atoms with van der Waals surface area (Å²) in [4.78, 5) is 11.6. The summed E-state index contributed by atoms with van der Waals surface area (Å²) in [6.07, 6.45) is 0.889. The van der Waals surface area contributed by atoms with Crippen molar-refractivity contribution >= 4 is 38.6 Å². The molecule has 0 unspecified atom stereocenters. The number of hydrogen-bond donors (Lipinski definition) is 0. The van der Waals surface area contributed by atoms with Crippen LogP contribution in [-0.4, -0.2) is 6.29 Å². The number of carbonyl (C=O) groups is 1. The van der Waals surface area contributed by atoms with Crippen LogP contribution in [0.2, 0.25) is 0 Å². The molecule has 0 bridgehead atoms. The fourth-order valence-electron chi connectivity index (χ4n) is 4.21. The summed E-state index contributed by atoms with van der Waals surface area (Å²) in [5.41, 5.74) is 3.58. The van der Waals surface area contributed by atoms with Gasteiger partial charge in [-0.15, -0.1) is 0 Å². The highest BCUT2D eigenvalue weighted by Gasteiger charge is 2.15. The average Bonchev–Trinajstić information content (AvgIpc) is 2.75. The standard InChI is InChI=1S/C29H22O/c1-29(2,3)25-15-13-24(18-30)23(17-25)12-8-19-7-9-22-11-10-20-5-4-6-21-14-16-26(19)28(22)27(20)21/h4-7,9-11,13-18H,1-3H3. The highest BCUT2D eigenvalue weighted by molar-refractivity contribution is 6.23. The van der Waals surface area contributed by atoms with Gasteiger partial charge in [-0.1, -0.05) is 93.3 Å². The number of benzene rings is 5. The summed E-state index contributed by atoms with van der Waals surface area (Å²) in [6, 6.07) is 25.3. The molecule has 0 amide bonds. The second-order valence-corrected chi connectivity index (χ2v) is 8.89. The summed E-state index contributed by atoms with van der Waals surface area (Å²) >= 11 is 0. The van der Waals surface area contributed by atoms with E-state index in [1.807, 2.05) is 18.2 Å². The van der Waals surface area contributed by atoms with Crippen molar-refractivity contribution in [1.82, 2.24) is 0 Å². The van der Waals surface area contributed by atoms with Crippen molar-refractivity contribution in [2.45, 2.75) is 26.2 Å². The van der Waals surface area contributed by atoms with E-state index in [1.165, 1.54) is 32.5 Å². The third-order valence-corrected chi connectivity index (χ3v) is 5.91. The molecule has 0 saturated heterocycles. The van der Waals surface area contributed by atoms with E-state index in [0.29, 0.717) is 5.56 Å². The first kappa shape index (κ1) is 18.4. The van der Waals surface area contributed by atoms with Gasteiger partial charge in [0, 0.05) is 16.7 Å². The van der Waals surface area contributed by atoms with Crippen molar-refractivity contribution in [1.29, 1.82) is 0 Å². The van der Waals surface area contributed by atoms with Gasteiger partial charge in [-0.3, -0.25) is 4.79 Å². The van der Waals surface area contributed by atoms with E-state index >= 15 is 0 Å². The van der Waals surface area contributed by atoms with Crippen LogP contribution in [0.1, 0.15) is 47.8 Å². The fraction of sp³-hybridized carbons (Fsp3) is 0.138. The lowest BCUT2D eigenvalue weighted by atomic mass is 9.85. The maximum atomic E-state index is 11.6. The summed E-state index contributed by atoms with van der Waals surface area (Å²) in [7, 11) is 0. The SMILES string of the molecule is CC(C)(C)c1ccc(C=O)c(C#Cc2ccc3ccc4cccc5ccc2c3c45)c1. The Hall–Kier alpha value is -3.63. The number of aldehydes is 1. The van der Waals surface area contributed by atoms with E-state index in [9.17, 15) is 4.79 Å². The summed E-state index contributed by atoms with van der Waals surface area (Å²) in [5.74, 6) is 6.65. The Morgan fingerprint density at radius 2 is 1.33 bits per heavy atom. The van der Waals surface area contributed by atoms with E-state index in [-0.39, 0.29) is 5.41 Å². The Balaban J connectivity index is 1.73. The molecule has 5 rings (SSSR count). The van der Waals surface area contributed by atoms with Crippen molar-refractivity contribution in [2.75, 3.05) is 0 Å². The molecular weight excluding hydrogens is 364 g/mol. The third kappa shape index (κ3) is 2.93. The number of rotatable bonds is 1. The van der Waals surface area contributed by atoms with E-state index < -0.39 is 0 Å². The van der Waals surface area contributed by atoms with Crippen molar-refractivity contribution in [2.24, 2.45) is 0 Å². The van der Waals surface area contributed by atoms with Gasteiger partial charge in [-0.05, 0) is 55.4 Å². The van der Waals surface area contributed by atoms with Crippen LogP contribution < -0.4 is 0 Å². The first-order chi connectivity index (χ1) is 14.5. The Morgan fingerprint density at radius 1 is 0.700 bits per heavy atom. The predicted molar refractivity (Wildman–Crippen MR) is 127 cm³/mol. The van der Waals surface area contributed by atoms with Crippen LogP contribution >= 0.6 is 0 Å². The molecule has 0 heterocycles. The molecule has 0 N–H and O–H groups in total. The molecule has 0 radical (unpaired) electrons. The van der Waals surface area contributed by atoms with Gasteiger partial charge in [0.15, 0.2) is 6.29 Å². The molecule has 0 saturated carbocycles. The molecule has 0 aliphatic rings. The second-order valence-electron chi connectivity index (χ2n) is 8.89. The average molecular weight is 386 g/mol. The molecule has 5 aromatic carbocycles. The van der Waals surface area contributed by atoms with E-state index in [1.54, 1.807) is 0 Å². The van der Waals surface area contributed by atoms with Gasteiger partial charge in [0.2, 0.25) is 0 Å². The van der Waals surface area contributed by atoms with Crippen LogP contribution in [0.15, 0.2) is 72.8 Å². The lowest BCUT2D eigenvalue weighted by molar-refractivity contribution is 0.112.